The Hall–Kier alpha value is -0.570. The van der Waals surface area contributed by atoms with E-state index in [0.29, 0.717) is 0 Å². The highest BCUT2D eigenvalue weighted by molar-refractivity contribution is 5.22. The lowest BCUT2D eigenvalue weighted by Gasteiger charge is -2.54. The Morgan fingerprint density at radius 3 is 1.56 bits per heavy atom. The van der Waals surface area contributed by atoms with E-state index in [4.69, 9.17) is 0 Å². The van der Waals surface area contributed by atoms with Gasteiger partial charge in [0, 0.05) is 0 Å². The molecule has 1 fully saturated rings. The summed E-state index contributed by atoms with van der Waals surface area (Å²) in [6.45, 7) is 1.77. The first-order chi connectivity index (χ1) is 7.65. The summed E-state index contributed by atoms with van der Waals surface area (Å²) < 4.78 is 94.5. The van der Waals surface area contributed by atoms with E-state index < -0.39 is 41.4 Å². The van der Waals surface area contributed by atoms with Crippen LogP contribution in [0.4, 0.5) is 30.7 Å². The Labute approximate surface area is 98.5 Å². The van der Waals surface area contributed by atoms with Crippen LogP contribution in [-0.4, -0.2) is 29.1 Å². The molecule has 0 aromatic carbocycles. The third kappa shape index (κ3) is 1.43. The Morgan fingerprint density at radius 2 is 1.22 bits per heavy atom. The second-order valence-corrected chi connectivity index (χ2v) is 4.90. The molecule has 0 amide bonds. The maximum Gasteiger partial charge on any atom is 0.349 e. The van der Waals surface area contributed by atoms with Crippen molar-refractivity contribution in [2.75, 3.05) is 0 Å². The maximum atomic E-state index is 14.1. The molecule has 0 saturated heterocycles. The summed E-state index contributed by atoms with van der Waals surface area (Å²) in [6, 6.07) is 0. The van der Waals surface area contributed by atoms with Crippen LogP contribution >= 0.6 is 0 Å². The van der Waals surface area contributed by atoms with Crippen LogP contribution in [0, 0.1) is 5.92 Å². The Balaban J connectivity index is 3.52. The smallest absolute Gasteiger partial charge is 0.291 e. The number of hydrogen-bond acceptors (Lipinski definition) is 2. The van der Waals surface area contributed by atoms with E-state index in [2.05, 4.69) is 11.5 Å². The van der Waals surface area contributed by atoms with Crippen molar-refractivity contribution >= 4 is 0 Å². The molecule has 0 bridgehead atoms. The van der Waals surface area contributed by atoms with Gasteiger partial charge in [-0.25, -0.2) is 22.0 Å². The fourth-order valence-corrected chi connectivity index (χ4v) is 1.96. The second-order valence-electron chi connectivity index (χ2n) is 4.90. The number of hydrogen-bond donors (Lipinski definition) is 2. The summed E-state index contributed by atoms with van der Waals surface area (Å²) in [6.07, 6.45) is -2.16. The van der Waals surface area contributed by atoms with E-state index in [1.54, 1.807) is 0 Å². The average molecular weight is 282 g/mol. The monoisotopic (exact) mass is 282 g/mol. The van der Waals surface area contributed by atoms with Crippen LogP contribution in [0.1, 0.15) is 20.3 Å². The van der Waals surface area contributed by atoms with Gasteiger partial charge in [0.15, 0.2) is 5.67 Å². The molecule has 108 valence electrons. The fraction of sp³-hybridized carbons (Fsp3) is 1.00. The highest BCUT2D eigenvalue weighted by atomic mass is 19.3. The number of rotatable bonds is 1. The standard InChI is InChI=1S/C9H13F7N2/c1-4(2)5(10)3-6(11,12)9(16,18)7(13,14)8(5,15)17/h4H,3,17-18H2,1-2H3. The van der Waals surface area contributed by atoms with Gasteiger partial charge in [-0.05, 0) is 5.92 Å². The topological polar surface area (TPSA) is 52.0 Å². The molecule has 0 aromatic rings. The minimum absolute atomic E-state index is 0.884. The van der Waals surface area contributed by atoms with Gasteiger partial charge in [-0.15, -0.1) is 0 Å². The second kappa shape index (κ2) is 3.50. The van der Waals surface area contributed by atoms with Gasteiger partial charge in [-0.3, -0.25) is 11.5 Å². The molecule has 0 aliphatic heterocycles. The van der Waals surface area contributed by atoms with Crippen LogP contribution in [0.2, 0.25) is 0 Å². The van der Waals surface area contributed by atoms with Gasteiger partial charge < -0.3 is 0 Å². The predicted molar refractivity (Wildman–Crippen MR) is 49.2 cm³/mol. The lowest BCUT2D eigenvalue weighted by molar-refractivity contribution is -0.362. The molecule has 1 aliphatic carbocycles. The van der Waals surface area contributed by atoms with Crippen LogP contribution in [0.3, 0.4) is 0 Å². The van der Waals surface area contributed by atoms with Crippen molar-refractivity contribution in [3.8, 4) is 0 Å². The van der Waals surface area contributed by atoms with Crippen LogP contribution in [-0.2, 0) is 0 Å². The van der Waals surface area contributed by atoms with Crippen molar-refractivity contribution in [1.82, 2.24) is 0 Å². The molecule has 0 heterocycles. The summed E-state index contributed by atoms with van der Waals surface area (Å²) in [5, 5.41) is 0. The zero-order valence-corrected chi connectivity index (χ0v) is 9.58. The summed E-state index contributed by atoms with van der Waals surface area (Å²) in [5.41, 5.74) is 4.85. The Morgan fingerprint density at radius 1 is 0.833 bits per heavy atom. The quantitative estimate of drug-likeness (QED) is 0.572. The Kier molecular flexibility index (Phi) is 3.01. The highest BCUT2D eigenvalue weighted by Crippen LogP contribution is 2.60. The van der Waals surface area contributed by atoms with Crippen LogP contribution < -0.4 is 11.5 Å². The van der Waals surface area contributed by atoms with E-state index in [-0.39, 0.29) is 0 Å². The van der Waals surface area contributed by atoms with Crippen molar-refractivity contribution in [3.05, 3.63) is 0 Å². The predicted octanol–water partition coefficient (Wildman–Crippen LogP) is 2.27. The summed E-state index contributed by atoms with van der Waals surface area (Å²) >= 11 is 0. The van der Waals surface area contributed by atoms with Gasteiger partial charge in [0.2, 0.25) is 0 Å². The normalized spacial score (nSPS) is 47.3. The molecule has 9 heteroatoms. The molecule has 1 saturated carbocycles. The first-order valence-electron chi connectivity index (χ1n) is 5.05. The number of alkyl halides is 7. The zero-order chi connectivity index (χ0) is 14.8. The summed E-state index contributed by atoms with van der Waals surface area (Å²) in [7, 11) is 0. The third-order valence-electron chi connectivity index (χ3n) is 3.45. The average Bonchev–Trinajstić information content (AvgIpc) is 2.13. The molecule has 0 radical (unpaired) electrons. The molecular weight excluding hydrogens is 269 g/mol. The van der Waals surface area contributed by atoms with Gasteiger partial charge in [-0.2, -0.15) is 8.78 Å². The molecule has 2 nitrogen and oxygen atoms in total. The molecule has 3 unspecified atom stereocenters. The number of nitrogens with two attached hydrogens (primary N) is 2. The minimum Gasteiger partial charge on any atom is -0.291 e. The molecule has 4 N–H and O–H groups in total. The first kappa shape index (κ1) is 15.5. The van der Waals surface area contributed by atoms with Crippen molar-refractivity contribution in [2.24, 2.45) is 17.4 Å². The fourth-order valence-electron chi connectivity index (χ4n) is 1.96. The first-order valence-corrected chi connectivity index (χ1v) is 5.05. The van der Waals surface area contributed by atoms with Crippen LogP contribution in [0.15, 0.2) is 0 Å². The van der Waals surface area contributed by atoms with E-state index in [1.165, 1.54) is 0 Å². The van der Waals surface area contributed by atoms with Crippen molar-refractivity contribution in [3.63, 3.8) is 0 Å². The van der Waals surface area contributed by atoms with E-state index in [0.717, 1.165) is 13.8 Å². The summed E-state index contributed by atoms with van der Waals surface area (Å²) in [5.74, 6) is -21.9. The molecule has 0 spiro atoms. The van der Waals surface area contributed by atoms with E-state index >= 15 is 0 Å². The third-order valence-corrected chi connectivity index (χ3v) is 3.45. The largest absolute Gasteiger partial charge is 0.349 e. The zero-order valence-electron chi connectivity index (χ0n) is 9.58. The van der Waals surface area contributed by atoms with Crippen LogP contribution in [0.25, 0.3) is 0 Å². The van der Waals surface area contributed by atoms with Gasteiger partial charge in [0.25, 0.3) is 11.6 Å². The van der Waals surface area contributed by atoms with Gasteiger partial charge in [-0.1, -0.05) is 13.8 Å². The van der Waals surface area contributed by atoms with Crippen molar-refractivity contribution in [1.29, 1.82) is 0 Å². The lowest BCUT2D eigenvalue weighted by Crippen LogP contribution is -2.84. The molecule has 1 aliphatic rings. The van der Waals surface area contributed by atoms with Gasteiger partial charge in [0.1, 0.15) is 0 Å². The lowest BCUT2D eigenvalue weighted by atomic mass is 9.67. The number of halogens is 7. The molecule has 0 aromatic heterocycles. The minimum atomic E-state index is -5.58. The summed E-state index contributed by atoms with van der Waals surface area (Å²) in [4.78, 5) is 0. The molecule has 1 rings (SSSR count). The van der Waals surface area contributed by atoms with Gasteiger partial charge in [0.05, 0.1) is 6.42 Å². The van der Waals surface area contributed by atoms with Gasteiger partial charge >= 0.3 is 11.8 Å². The van der Waals surface area contributed by atoms with Crippen LogP contribution in [0.5, 0.6) is 0 Å². The van der Waals surface area contributed by atoms with E-state index in [1.807, 2.05) is 0 Å². The molecule has 18 heavy (non-hydrogen) atoms. The SMILES string of the molecule is CC(C)C1(F)CC(F)(F)C(N)(F)C(F)(F)C1(N)F. The van der Waals surface area contributed by atoms with Crippen molar-refractivity contribution < 1.29 is 30.7 Å². The molecule has 3 atom stereocenters. The Bertz CT molecular complexity index is 337. The van der Waals surface area contributed by atoms with E-state index in [9.17, 15) is 30.7 Å². The highest BCUT2D eigenvalue weighted by Gasteiger charge is 2.86. The molecular formula is C9H13F7N2. The van der Waals surface area contributed by atoms with Crippen molar-refractivity contribution in [2.45, 2.75) is 49.4 Å². The maximum absolute atomic E-state index is 14.1.